The molecule has 3 rings (SSSR count). The van der Waals surface area contributed by atoms with E-state index in [2.05, 4.69) is 39.8 Å². The Morgan fingerprint density at radius 3 is 2.68 bits per heavy atom. The lowest BCUT2D eigenvalue weighted by Gasteiger charge is -2.32. The third kappa shape index (κ3) is 2.32. The molecule has 1 aliphatic rings. The SMILES string of the molecule is Cc1c(Br)sc2cc(C(=O)N3CCN(C)CC3)[nH]c12. The van der Waals surface area contributed by atoms with Gasteiger partial charge in [-0.05, 0) is 41.5 Å². The van der Waals surface area contributed by atoms with E-state index in [9.17, 15) is 4.79 Å². The molecule has 0 atom stereocenters. The summed E-state index contributed by atoms with van der Waals surface area (Å²) >= 11 is 5.20. The van der Waals surface area contributed by atoms with E-state index in [1.807, 2.05) is 11.0 Å². The van der Waals surface area contributed by atoms with Crippen molar-refractivity contribution < 1.29 is 4.79 Å². The van der Waals surface area contributed by atoms with Gasteiger partial charge in [0, 0.05) is 26.2 Å². The van der Waals surface area contributed by atoms with Crippen molar-refractivity contribution in [3.63, 3.8) is 0 Å². The summed E-state index contributed by atoms with van der Waals surface area (Å²) < 4.78 is 2.27. The van der Waals surface area contributed by atoms with E-state index in [4.69, 9.17) is 0 Å². The molecule has 0 aromatic carbocycles. The molecule has 19 heavy (non-hydrogen) atoms. The Kier molecular flexibility index (Phi) is 3.41. The zero-order valence-electron chi connectivity index (χ0n) is 11.0. The maximum Gasteiger partial charge on any atom is 0.270 e. The lowest BCUT2D eigenvalue weighted by molar-refractivity contribution is 0.0659. The van der Waals surface area contributed by atoms with E-state index >= 15 is 0 Å². The fourth-order valence-corrected chi connectivity index (χ4v) is 4.01. The molecule has 1 amide bonds. The Bertz CT molecular complexity index is 625. The van der Waals surface area contributed by atoms with Crippen LogP contribution in [0.15, 0.2) is 9.85 Å². The van der Waals surface area contributed by atoms with Crippen LogP contribution in [0.25, 0.3) is 10.2 Å². The molecule has 0 unspecified atom stereocenters. The van der Waals surface area contributed by atoms with Crippen molar-refractivity contribution in [1.82, 2.24) is 14.8 Å². The second-order valence-corrected chi connectivity index (χ2v) is 7.39. The van der Waals surface area contributed by atoms with E-state index in [1.165, 1.54) is 5.56 Å². The average Bonchev–Trinajstić information content (AvgIpc) is 2.91. The van der Waals surface area contributed by atoms with Crippen LogP contribution in [0.4, 0.5) is 0 Å². The molecule has 3 heterocycles. The number of hydrogen-bond donors (Lipinski definition) is 1. The molecule has 102 valence electrons. The summed E-state index contributed by atoms with van der Waals surface area (Å²) in [6, 6.07) is 1.97. The molecule has 4 nitrogen and oxygen atoms in total. The Labute approximate surface area is 124 Å². The van der Waals surface area contributed by atoms with Gasteiger partial charge in [-0.25, -0.2) is 0 Å². The number of aryl methyl sites for hydroxylation is 1. The number of H-pyrrole nitrogens is 1. The number of rotatable bonds is 1. The minimum atomic E-state index is 0.118. The number of hydrogen-bond acceptors (Lipinski definition) is 3. The van der Waals surface area contributed by atoms with Crippen molar-refractivity contribution >= 4 is 43.4 Å². The van der Waals surface area contributed by atoms with Crippen LogP contribution < -0.4 is 0 Å². The Hall–Kier alpha value is -0.850. The summed E-state index contributed by atoms with van der Waals surface area (Å²) in [7, 11) is 2.09. The predicted octanol–water partition coefficient (Wildman–Crippen LogP) is 2.69. The van der Waals surface area contributed by atoms with Gasteiger partial charge >= 0.3 is 0 Å². The Morgan fingerprint density at radius 1 is 1.37 bits per heavy atom. The highest BCUT2D eigenvalue weighted by Crippen LogP contribution is 2.35. The van der Waals surface area contributed by atoms with Crippen LogP contribution in [-0.2, 0) is 0 Å². The van der Waals surface area contributed by atoms with E-state index in [0.717, 1.165) is 40.2 Å². The first-order chi connectivity index (χ1) is 9.06. The van der Waals surface area contributed by atoms with Crippen LogP contribution in [0.2, 0.25) is 0 Å². The maximum absolute atomic E-state index is 12.4. The first-order valence-corrected chi connectivity index (χ1v) is 7.92. The first kappa shape index (κ1) is 13.1. The van der Waals surface area contributed by atoms with Crippen molar-refractivity contribution in [1.29, 1.82) is 0 Å². The van der Waals surface area contributed by atoms with Crippen LogP contribution in [0, 0.1) is 6.92 Å². The number of aromatic amines is 1. The second kappa shape index (κ2) is 4.92. The van der Waals surface area contributed by atoms with Gasteiger partial charge < -0.3 is 14.8 Å². The van der Waals surface area contributed by atoms with Gasteiger partial charge in [0.15, 0.2) is 0 Å². The van der Waals surface area contributed by atoms with Gasteiger partial charge in [-0.2, -0.15) is 0 Å². The standard InChI is InChI=1S/C13H16BrN3OS/c1-8-11-10(19-12(8)14)7-9(15-11)13(18)17-5-3-16(2)4-6-17/h7,15H,3-6H2,1-2H3. The first-order valence-electron chi connectivity index (χ1n) is 6.31. The molecule has 0 bridgehead atoms. The number of nitrogens with one attached hydrogen (secondary N) is 1. The lowest BCUT2D eigenvalue weighted by atomic mass is 10.3. The molecule has 2 aromatic rings. The summed E-state index contributed by atoms with van der Waals surface area (Å²) in [5, 5.41) is 0. The number of halogens is 1. The summed E-state index contributed by atoms with van der Waals surface area (Å²) in [4.78, 5) is 19.9. The zero-order chi connectivity index (χ0) is 13.6. The Morgan fingerprint density at radius 2 is 2.05 bits per heavy atom. The second-order valence-electron chi connectivity index (χ2n) is 5.02. The molecule has 1 saturated heterocycles. The molecular formula is C13H16BrN3OS. The van der Waals surface area contributed by atoms with Crippen molar-refractivity contribution in [2.24, 2.45) is 0 Å². The number of nitrogens with zero attached hydrogens (tertiary/aromatic N) is 2. The van der Waals surface area contributed by atoms with Crippen LogP contribution in [0.5, 0.6) is 0 Å². The lowest BCUT2D eigenvalue weighted by Crippen LogP contribution is -2.47. The molecule has 1 aliphatic heterocycles. The number of carbonyl (C=O) groups is 1. The van der Waals surface area contributed by atoms with Crippen molar-refractivity contribution in [3.05, 3.63) is 21.1 Å². The number of fused-ring (bicyclic) bond motifs is 1. The fourth-order valence-electron chi connectivity index (χ4n) is 2.36. The molecular weight excluding hydrogens is 326 g/mol. The van der Waals surface area contributed by atoms with Gasteiger partial charge in [0.2, 0.25) is 0 Å². The minimum absolute atomic E-state index is 0.118. The normalized spacial score (nSPS) is 17.3. The van der Waals surface area contributed by atoms with E-state index in [-0.39, 0.29) is 5.91 Å². The zero-order valence-corrected chi connectivity index (χ0v) is 13.4. The fraction of sp³-hybridized carbons (Fsp3) is 0.462. The number of likely N-dealkylation sites (N-methyl/N-ethyl adjacent to an activating group) is 1. The average molecular weight is 342 g/mol. The number of piperazine rings is 1. The van der Waals surface area contributed by atoms with Crippen molar-refractivity contribution in [3.8, 4) is 0 Å². The maximum atomic E-state index is 12.4. The third-order valence-electron chi connectivity index (χ3n) is 3.67. The molecule has 6 heteroatoms. The monoisotopic (exact) mass is 341 g/mol. The minimum Gasteiger partial charge on any atom is -0.350 e. The number of aromatic nitrogens is 1. The summed E-state index contributed by atoms with van der Waals surface area (Å²) in [5.41, 5.74) is 2.97. The van der Waals surface area contributed by atoms with Crippen LogP contribution in [0.3, 0.4) is 0 Å². The highest BCUT2D eigenvalue weighted by Gasteiger charge is 2.22. The van der Waals surface area contributed by atoms with E-state index in [0.29, 0.717) is 5.69 Å². The smallest absolute Gasteiger partial charge is 0.270 e. The molecule has 0 saturated carbocycles. The quantitative estimate of drug-likeness (QED) is 0.866. The van der Waals surface area contributed by atoms with Crippen LogP contribution >= 0.6 is 27.3 Å². The van der Waals surface area contributed by atoms with Gasteiger partial charge in [0.25, 0.3) is 5.91 Å². The molecule has 2 aromatic heterocycles. The molecule has 0 radical (unpaired) electrons. The topological polar surface area (TPSA) is 39.3 Å². The van der Waals surface area contributed by atoms with E-state index in [1.54, 1.807) is 11.3 Å². The summed E-state index contributed by atoms with van der Waals surface area (Å²) in [6.45, 7) is 5.58. The van der Waals surface area contributed by atoms with Crippen molar-refractivity contribution in [2.75, 3.05) is 33.2 Å². The third-order valence-corrected chi connectivity index (χ3v) is 5.78. The predicted molar refractivity (Wildman–Crippen MR) is 82.0 cm³/mol. The molecule has 0 spiro atoms. The van der Waals surface area contributed by atoms with Crippen molar-refractivity contribution in [2.45, 2.75) is 6.92 Å². The van der Waals surface area contributed by atoms with Crippen LogP contribution in [0.1, 0.15) is 16.1 Å². The molecule has 1 fully saturated rings. The van der Waals surface area contributed by atoms with Gasteiger partial charge in [-0.1, -0.05) is 0 Å². The number of carbonyl (C=O) groups excluding carboxylic acids is 1. The highest BCUT2D eigenvalue weighted by atomic mass is 79.9. The van der Waals surface area contributed by atoms with Gasteiger partial charge in [0.1, 0.15) is 5.69 Å². The Balaban J connectivity index is 1.85. The summed E-state index contributed by atoms with van der Waals surface area (Å²) in [6.07, 6.45) is 0. The number of thiophene rings is 1. The van der Waals surface area contributed by atoms with Gasteiger partial charge in [-0.3, -0.25) is 4.79 Å². The highest BCUT2D eigenvalue weighted by molar-refractivity contribution is 9.11. The molecule has 0 aliphatic carbocycles. The number of amides is 1. The van der Waals surface area contributed by atoms with E-state index < -0.39 is 0 Å². The van der Waals surface area contributed by atoms with Gasteiger partial charge in [0.05, 0.1) is 14.0 Å². The van der Waals surface area contributed by atoms with Gasteiger partial charge in [-0.15, -0.1) is 11.3 Å². The largest absolute Gasteiger partial charge is 0.350 e. The molecule has 1 N–H and O–H groups in total. The summed E-state index contributed by atoms with van der Waals surface area (Å²) in [5.74, 6) is 0.118. The van der Waals surface area contributed by atoms with Crippen LogP contribution in [-0.4, -0.2) is 53.9 Å².